The van der Waals surface area contributed by atoms with Crippen LogP contribution >= 0.6 is 0 Å². The molecule has 15 heavy (non-hydrogen) atoms. The van der Waals surface area contributed by atoms with Gasteiger partial charge in [0.2, 0.25) is 0 Å². The van der Waals surface area contributed by atoms with Crippen molar-refractivity contribution in [3.8, 4) is 0 Å². The SMILES string of the molecule is CCCCOC(=O)C(C)C[C@H](N)C(=O)O. The Kier molecular flexibility index (Phi) is 6.70. The van der Waals surface area contributed by atoms with E-state index in [0.717, 1.165) is 12.8 Å². The summed E-state index contributed by atoms with van der Waals surface area (Å²) in [6.07, 6.45) is 1.89. The number of hydrogen-bond acceptors (Lipinski definition) is 4. The van der Waals surface area contributed by atoms with Gasteiger partial charge in [0.05, 0.1) is 12.5 Å². The third kappa shape index (κ3) is 6.06. The molecule has 0 fully saturated rings. The first kappa shape index (κ1) is 13.9. The second-order valence-electron chi connectivity index (χ2n) is 3.60. The van der Waals surface area contributed by atoms with Crippen LogP contribution in [0.4, 0.5) is 0 Å². The molecule has 0 radical (unpaired) electrons. The minimum atomic E-state index is -1.09. The summed E-state index contributed by atoms with van der Waals surface area (Å²) in [5.41, 5.74) is 5.30. The Bertz CT molecular complexity index is 217. The van der Waals surface area contributed by atoms with Crippen molar-refractivity contribution < 1.29 is 19.4 Å². The van der Waals surface area contributed by atoms with Crippen molar-refractivity contribution in [2.75, 3.05) is 6.61 Å². The zero-order chi connectivity index (χ0) is 11.8. The molecule has 0 aromatic rings. The van der Waals surface area contributed by atoms with Crippen molar-refractivity contribution in [2.45, 2.75) is 39.2 Å². The molecule has 3 N–H and O–H groups in total. The average Bonchev–Trinajstić information content (AvgIpc) is 2.17. The maximum atomic E-state index is 11.3. The van der Waals surface area contributed by atoms with Crippen LogP contribution in [0, 0.1) is 5.92 Å². The van der Waals surface area contributed by atoms with Crippen molar-refractivity contribution in [3.63, 3.8) is 0 Å². The Hall–Kier alpha value is -1.10. The lowest BCUT2D eigenvalue weighted by atomic mass is 10.0. The van der Waals surface area contributed by atoms with Crippen LogP contribution in [-0.2, 0) is 14.3 Å². The van der Waals surface area contributed by atoms with Gasteiger partial charge in [-0.1, -0.05) is 20.3 Å². The Morgan fingerprint density at radius 2 is 2.07 bits per heavy atom. The molecule has 88 valence electrons. The van der Waals surface area contributed by atoms with Crippen LogP contribution in [0.3, 0.4) is 0 Å². The molecule has 0 saturated carbocycles. The summed E-state index contributed by atoms with van der Waals surface area (Å²) in [7, 11) is 0. The molecule has 0 aliphatic heterocycles. The van der Waals surface area contributed by atoms with E-state index in [-0.39, 0.29) is 12.4 Å². The van der Waals surface area contributed by atoms with Gasteiger partial charge < -0.3 is 15.6 Å². The molecule has 0 bridgehead atoms. The third-order valence-corrected chi connectivity index (χ3v) is 2.07. The summed E-state index contributed by atoms with van der Waals surface area (Å²) in [4.78, 5) is 21.7. The molecule has 0 aromatic carbocycles. The van der Waals surface area contributed by atoms with Crippen LogP contribution in [0.25, 0.3) is 0 Å². The van der Waals surface area contributed by atoms with Crippen LogP contribution in [-0.4, -0.2) is 29.7 Å². The monoisotopic (exact) mass is 217 g/mol. The van der Waals surface area contributed by atoms with Gasteiger partial charge in [0.1, 0.15) is 6.04 Å². The summed E-state index contributed by atoms with van der Waals surface area (Å²) in [6.45, 7) is 4.01. The van der Waals surface area contributed by atoms with Crippen molar-refractivity contribution in [1.82, 2.24) is 0 Å². The van der Waals surface area contributed by atoms with Crippen LogP contribution < -0.4 is 5.73 Å². The highest BCUT2D eigenvalue weighted by Crippen LogP contribution is 2.07. The lowest BCUT2D eigenvalue weighted by Gasteiger charge is -2.13. The summed E-state index contributed by atoms with van der Waals surface area (Å²) in [5, 5.41) is 8.55. The number of esters is 1. The topological polar surface area (TPSA) is 89.6 Å². The molecular weight excluding hydrogens is 198 g/mol. The Morgan fingerprint density at radius 3 is 2.53 bits per heavy atom. The first-order chi connectivity index (χ1) is 6.99. The van der Waals surface area contributed by atoms with E-state index in [1.165, 1.54) is 0 Å². The first-order valence-electron chi connectivity index (χ1n) is 5.14. The van der Waals surface area contributed by atoms with Crippen molar-refractivity contribution in [2.24, 2.45) is 11.7 Å². The van der Waals surface area contributed by atoms with E-state index in [1.807, 2.05) is 6.92 Å². The van der Waals surface area contributed by atoms with Crippen LogP contribution in [0.2, 0.25) is 0 Å². The fourth-order valence-electron chi connectivity index (χ4n) is 1.04. The van der Waals surface area contributed by atoms with E-state index in [4.69, 9.17) is 15.6 Å². The van der Waals surface area contributed by atoms with E-state index in [1.54, 1.807) is 6.92 Å². The van der Waals surface area contributed by atoms with E-state index in [9.17, 15) is 9.59 Å². The summed E-state index contributed by atoms with van der Waals surface area (Å²) < 4.78 is 4.94. The number of rotatable bonds is 7. The van der Waals surface area contributed by atoms with Crippen molar-refractivity contribution in [3.05, 3.63) is 0 Å². The van der Waals surface area contributed by atoms with Gasteiger partial charge in [0.25, 0.3) is 0 Å². The molecule has 0 rings (SSSR count). The highest BCUT2D eigenvalue weighted by Gasteiger charge is 2.21. The van der Waals surface area contributed by atoms with Gasteiger partial charge >= 0.3 is 11.9 Å². The highest BCUT2D eigenvalue weighted by molar-refractivity contribution is 5.76. The average molecular weight is 217 g/mol. The largest absolute Gasteiger partial charge is 0.480 e. The lowest BCUT2D eigenvalue weighted by molar-refractivity contribution is -0.149. The molecule has 1 unspecified atom stereocenters. The fraction of sp³-hybridized carbons (Fsp3) is 0.800. The van der Waals surface area contributed by atoms with Gasteiger partial charge in [-0.05, 0) is 12.8 Å². The van der Waals surface area contributed by atoms with E-state index < -0.39 is 17.9 Å². The minimum Gasteiger partial charge on any atom is -0.480 e. The number of carbonyl (C=O) groups is 2. The number of nitrogens with two attached hydrogens (primary N) is 1. The smallest absolute Gasteiger partial charge is 0.320 e. The number of unbranched alkanes of at least 4 members (excludes halogenated alkanes) is 1. The molecular formula is C10H19NO4. The van der Waals surface area contributed by atoms with Crippen LogP contribution in [0.5, 0.6) is 0 Å². The number of hydrogen-bond donors (Lipinski definition) is 2. The Morgan fingerprint density at radius 1 is 1.47 bits per heavy atom. The first-order valence-corrected chi connectivity index (χ1v) is 5.14. The minimum absolute atomic E-state index is 0.111. The molecule has 0 saturated heterocycles. The summed E-state index contributed by atoms with van der Waals surface area (Å²) >= 11 is 0. The summed E-state index contributed by atoms with van der Waals surface area (Å²) in [5.74, 6) is -1.93. The van der Waals surface area contributed by atoms with E-state index in [2.05, 4.69) is 0 Å². The normalized spacial score (nSPS) is 14.3. The fourth-order valence-corrected chi connectivity index (χ4v) is 1.04. The molecule has 0 aliphatic rings. The number of carbonyl (C=O) groups excluding carboxylic acids is 1. The maximum absolute atomic E-state index is 11.3. The molecule has 0 aromatic heterocycles. The summed E-state index contributed by atoms with van der Waals surface area (Å²) in [6, 6.07) is -1.00. The standard InChI is InChI=1S/C10H19NO4/c1-3-4-5-15-10(14)7(2)6-8(11)9(12)13/h7-8H,3-6,11H2,1-2H3,(H,12,13)/t7?,8-/m0/s1. The predicted octanol–water partition coefficient (Wildman–Crippen LogP) is 0.768. The molecule has 0 aliphatic carbocycles. The second kappa shape index (κ2) is 7.23. The van der Waals surface area contributed by atoms with Gasteiger partial charge in [0.15, 0.2) is 0 Å². The Balaban J connectivity index is 3.83. The lowest BCUT2D eigenvalue weighted by Crippen LogP contribution is -2.34. The molecule has 5 nitrogen and oxygen atoms in total. The van der Waals surface area contributed by atoms with E-state index in [0.29, 0.717) is 6.61 Å². The molecule has 0 amide bonds. The van der Waals surface area contributed by atoms with Gasteiger partial charge in [-0.25, -0.2) is 0 Å². The highest BCUT2D eigenvalue weighted by atomic mass is 16.5. The molecule has 0 heterocycles. The van der Waals surface area contributed by atoms with Gasteiger partial charge in [-0.2, -0.15) is 0 Å². The van der Waals surface area contributed by atoms with Crippen molar-refractivity contribution >= 4 is 11.9 Å². The second-order valence-corrected chi connectivity index (χ2v) is 3.60. The molecule has 5 heteroatoms. The van der Waals surface area contributed by atoms with Gasteiger partial charge in [-0.15, -0.1) is 0 Å². The number of ether oxygens (including phenoxy) is 1. The third-order valence-electron chi connectivity index (χ3n) is 2.07. The van der Waals surface area contributed by atoms with Crippen LogP contribution in [0.15, 0.2) is 0 Å². The van der Waals surface area contributed by atoms with E-state index >= 15 is 0 Å². The predicted molar refractivity (Wildman–Crippen MR) is 55.3 cm³/mol. The van der Waals surface area contributed by atoms with Gasteiger partial charge in [-0.3, -0.25) is 9.59 Å². The number of carboxylic acids is 1. The maximum Gasteiger partial charge on any atom is 0.320 e. The number of aliphatic carboxylic acids is 1. The zero-order valence-corrected chi connectivity index (χ0v) is 9.23. The van der Waals surface area contributed by atoms with Gasteiger partial charge in [0, 0.05) is 0 Å². The van der Waals surface area contributed by atoms with Crippen LogP contribution in [0.1, 0.15) is 33.1 Å². The number of carboxylic acid groups (broad SMARTS) is 1. The zero-order valence-electron chi connectivity index (χ0n) is 9.23. The van der Waals surface area contributed by atoms with Crippen molar-refractivity contribution in [1.29, 1.82) is 0 Å². The Labute approximate surface area is 89.6 Å². The molecule has 0 spiro atoms. The molecule has 2 atom stereocenters. The quantitative estimate of drug-likeness (QED) is 0.485.